The molecule has 0 spiro atoms. The van der Waals surface area contributed by atoms with Crippen molar-refractivity contribution in [3.63, 3.8) is 0 Å². The minimum absolute atomic E-state index is 0.174. The number of carbonyl (C=O) groups excluding carboxylic acids is 1. The Labute approximate surface area is 191 Å². The van der Waals surface area contributed by atoms with Crippen LogP contribution < -0.4 is 5.32 Å². The van der Waals surface area contributed by atoms with Gasteiger partial charge in [-0.05, 0) is 61.9 Å². The van der Waals surface area contributed by atoms with Crippen molar-refractivity contribution in [1.29, 1.82) is 0 Å². The van der Waals surface area contributed by atoms with Crippen molar-refractivity contribution in [2.45, 2.75) is 46.1 Å². The quantitative estimate of drug-likeness (QED) is 0.444. The molecule has 4 heterocycles. The second-order valence-electron chi connectivity index (χ2n) is 8.16. The van der Waals surface area contributed by atoms with Gasteiger partial charge in [-0.25, -0.2) is 14.6 Å². The summed E-state index contributed by atoms with van der Waals surface area (Å²) in [4.78, 5) is 27.7. The molecule has 0 saturated heterocycles. The second-order valence-corrected chi connectivity index (χ2v) is 9.11. The highest BCUT2D eigenvalue weighted by Gasteiger charge is 2.27. The van der Waals surface area contributed by atoms with Crippen molar-refractivity contribution in [3.05, 3.63) is 76.8 Å². The average Bonchev–Trinajstić information content (AvgIpc) is 3.45. The van der Waals surface area contributed by atoms with Crippen LogP contribution in [0.15, 0.2) is 54.4 Å². The Morgan fingerprint density at radius 1 is 1.19 bits per heavy atom. The number of pyridine rings is 1. The molecule has 4 aromatic rings. The van der Waals surface area contributed by atoms with Crippen LogP contribution in [0.3, 0.4) is 0 Å². The van der Waals surface area contributed by atoms with Crippen LogP contribution in [0.5, 0.6) is 0 Å². The summed E-state index contributed by atoms with van der Waals surface area (Å²) in [6, 6.07) is 7.86. The lowest BCUT2D eigenvalue weighted by molar-refractivity contribution is 0.0911. The van der Waals surface area contributed by atoms with E-state index < -0.39 is 5.54 Å². The highest BCUT2D eigenvalue weighted by atomic mass is 32.1. The molecule has 164 valence electrons. The molecule has 0 fully saturated rings. The predicted octanol–water partition coefficient (Wildman–Crippen LogP) is 4.71. The lowest BCUT2D eigenvalue weighted by Crippen LogP contribution is -2.41. The number of carbonyl (C=O) groups is 1. The fourth-order valence-electron chi connectivity index (χ4n) is 3.60. The van der Waals surface area contributed by atoms with E-state index in [1.807, 2.05) is 50.4 Å². The van der Waals surface area contributed by atoms with Gasteiger partial charge in [0, 0.05) is 18.6 Å². The van der Waals surface area contributed by atoms with Crippen molar-refractivity contribution in [1.82, 2.24) is 30.0 Å². The third-order valence-corrected chi connectivity index (χ3v) is 6.21. The molecule has 0 bridgehead atoms. The van der Waals surface area contributed by atoms with E-state index in [1.165, 1.54) is 0 Å². The standard InChI is InChI=1S/C24H26N6OS/c1-5-7-19-18(22(31)29-24(3,4)17-9-11-25-12-10-17)15-27-30(19)23-26-14-16(2)21(28-23)20-8-6-13-32-20/h6,8-15H,5,7H2,1-4H3,(H,29,31). The van der Waals surface area contributed by atoms with Gasteiger partial charge in [-0.15, -0.1) is 11.3 Å². The largest absolute Gasteiger partial charge is 0.343 e. The molecule has 1 N–H and O–H groups in total. The van der Waals surface area contributed by atoms with E-state index in [1.54, 1.807) is 40.8 Å². The molecule has 32 heavy (non-hydrogen) atoms. The number of aryl methyl sites for hydroxylation is 1. The summed E-state index contributed by atoms with van der Waals surface area (Å²) in [6.45, 7) is 8.02. The molecule has 0 atom stereocenters. The zero-order valence-corrected chi connectivity index (χ0v) is 19.5. The van der Waals surface area contributed by atoms with Crippen LogP contribution in [0.25, 0.3) is 16.5 Å². The summed E-state index contributed by atoms with van der Waals surface area (Å²) < 4.78 is 1.69. The van der Waals surface area contributed by atoms with E-state index >= 15 is 0 Å². The first-order valence-corrected chi connectivity index (χ1v) is 11.5. The summed E-state index contributed by atoms with van der Waals surface area (Å²) >= 11 is 1.63. The van der Waals surface area contributed by atoms with Gasteiger partial charge in [-0.2, -0.15) is 5.10 Å². The van der Waals surface area contributed by atoms with Crippen molar-refractivity contribution in [2.24, 2.45) is 0 Å². The van der Waals surface area contributed by atoms with Gasteiger partial charge in [0.25, 0.3) is 11.9 Å². The topological polar surface area (TPSA) is 85.6 Å². The van der Waals surface area contributed by atoms with Crippen LogP contribution in [-0.4, -0.2) is 30.6 Å². The number of amides is 1. The van der Waals surface area contributed by atoms with Gasteiger partial charge in [0.05, 0.1) is 33.6 Å². The number of hydrogen-bond acceptors (Lipinski definition) is 6. The Hall–Kier alpha value is -3.39. The highest BCUT2D eigenvalue weighted by Crippen LogP contribution is 2.27. The Balaban J connectivity index is 1.69. The maximum Gasteiger partial charge on any atom is 0.255 e. The normalized spacial score (nSPS) is 11.5. The highest BCUT2D eigenvalue weighted by molar-refractivity contribution is 7.13. The third-order valence-electron chi connectivity index (χ3n) is 5.33. The smallest absolute Gasteiger partial charge is 0.255 e. The van der Waals surface area contributed by atoms with Crippen molar-refractivity contribution in [3.8, 4) is 16.5 Å². The molecule has 0 aliphatic heterocycles. The van der Waals surface area contributed by atoms with Crippen LogP contribution in [-0.2, 0) is 12.0 Å². The zero-order chi connectivity index (χ0) is 22.7. The average molecular weight is 447 g/mol. The van der Waals surface area contributed by atoms with E-state index in [-0.39, 0.29) is 5.91 Å². The Morgan fingerprint density at radius 2 is 1.97 bits per heavy atom. The number of thiophene rings is 1. The lowest BCUT2D eigenvalue weighted by Gasteiger charge is -2.26. The Morgan fingerprint density at radius 3 is 2.66 bits per heavy atom. The van der Waals surface area contributed by atoms with Crippen LogP contribution in [0.2, 0.25) is 0 Å². The van der Waals surface area contributed by atoms with Crippen LogP contribution in [0.1, 0.15) is 54.4 Å². The predicted molar refractivity (Wildman–Crippen MR) is 126 cm³/mol. The summed E-state index contributed by atoms with van der Waals surface area (Å²) in [5.41, 5.74) is 3.64. The Kier molecular flexibility index (Phi) is 6.14. The van der Waals surface area contributed by atoms with Crippen molar-refractivity contribution < 1.29 is 4.79 Å². The first kappa shape index (κ1) is 21.8. The molecule has 0 radical (unpaired) electrons. The fraction of sp³-hybridized carbons (Fsp3) is 0.292. The minimum atomic E-state index is -0.557. The van der Waals surface area contributed by atoms with Gasteiger partial charge in [0.2, 0.25) is 0 Å². The van der Waals surface area contributed by atoms with E-state index in [4.69, 9.17) is 4.98 Å². The van der Waals surface area contributed by atoms with Crippen LogP contribution in [0, 0.1) is 6.92 Å². The number of nitrogens with zero attached hydrogens (tertiary/aromatic N) is 5. The molecule has 0 saturated carbocycles. The van der Waals surface area contributed by atoms with E-state index in [0.717, 1.165) is 33.8 Å². The summed E-state index contributed by atoms with van der Waals surface area (Å²) in [7, 11) is 0. The molecule has 4 rings (SSSR count). The van der Waals surface area contributed by atoms with E-state index in [9.17, 15) is 4.79 Å². The molecule has 0 aromatic carbocycles. The third kappa shape index (κ3) is 4.31. The van der Waals surface area contributed by atoms with Gasteiger partial charge in [-0.1, -0.05) is 19.4 Å². The number of aromatic nitrogens is 5. The number of hydrogen-bond donors (Lipinski definition) is 1. The van der Waals surface area contributed by atoms with Gasteiger partial charge in [0.1, 0.15) is 0 Å². The van der Waals surface area contributed by atoms with Gasteiger partial charge >= 0.3 is 0 Å². The summed E-state index contributed by atoms with van der Waals surface area (Å²) in [5, 5.41) is 9.67. The summed E-state index contributed by atoms with van der Waals surface area (Å²) in [5.74, 6) is 0.294. The van der Waals surface area contributed by atoms with E-state index in [0.29, 0.717) is 17.9 Å². The van der Waals surface area contributed by atoms with Gasteiger partial charge in [-0.3, -0.25) is 9.78 Å². The van der Waals surface area contributed by atoms with Gasteiger partial charge < -0.3 is 5.32 Å². The van der Waals surface area contributed by atoms with Crippen LogP contribution >= 0.6 is 11.3 Å². The maximum atomic E-state index is 13.3. The minimum Gasteiger partial charge on any atom is -0.343 e. The molecule has 4 aromatic heterocycles. The first-order valence-electron chi connectivity index (χ1n) is 10.6. The zero-order valence-electron chi connectivity index (χ0n) is 18.7. The van der Waals surface area contributed by atoms with Crippen molar-refractivity contribution >= 4 is 17.2 Å². The molecule has 7 nitrogen and oxygen atoms in total. The molecule has 8 heteroatoms. The van der Waals surface area contributed by atoms with E-state index in [2.05, 4.69) is 27.3 Å². The SMILES string of the molecule is CCCc1c(C(=O)NC(C)(C)c2ccncc2)cnn1-c1ncc(C)c(-c2cccs2)n1. The number of rotatable bonds is 7. The molecule has 0 aliphatic rings. The molecular weight excluding hydrogens is 420 g/mol. The fourth-order valence-corrected chi connectivity index (χ4v) is 4.38. The molecular formula is C24H26N6OS. The van der Waals surface area contributed by atoms with Gasteiger partial charge in [0.15, 0.2) is 0 Å². The second kappa shape index (κ2) is 9.00. The molecule has 0 aliphatic carbocycles. The lowest BCUT2D eigenvalue weighted by atomic mass is 9.95. The maximum absolute atomic E-state index is 13.3. The monoisotopic (exact) mass is 446 g/mol. The van der Waals surface area contributed by atoms with Crippen molar-refractivity contribution in [2.75, 3.05) is 0 Å². The number of nitrogens with one attached hydrogen (secondary N) is 1. The molecule has 1 amide bonds. The van der Waals surface area contributed by atoms with Crippen LogP contribution in [0.4, 0.5) is 0 Å². The first-order chi connectivity index (χ1) is 15.4. The Bertz CT molecular complexity index is 1210. The molecule has 0 unspecified atom stereocenters. The summed E-state index contributed by atoms with van der Waals surface area (Å²) in [6.07, 6.45) is 8.42.